The number of nitriles is 1. The highest BCUT2D eigenvalue weighted by Crippen LogP contribution is 2.13. The maximum atomic E-state index is 12.0. The molecule has 4 heteroatoms. The molecule has 2 rings (SSSR count). The minimum atomic E-state index is -0.186. The molecular weight excluding hydrogens is 280 g/mol. The Labute approximate surface area is 107 Å². The number of nitrogens with zero attached hydrogens (tertiary/aromatic N) is 2. The number of aromatic nitrogens is 1. The minimum Gasteiger partial charge on any atom is -0.287 e. The van der Waals surface area contributed by atoms with Gasteiger partial charge in [0.1, 0.15) is 5.69 Å². The number of pyridine rings is 1. The summed E-state index contributed by atoms with van der Waals surface area (Å²) in [6.45, 7) is 0. The van der Waals surface area contributed by atoms with Gasteiger partial charge in [-0.2, -0.15) is 5.26 Å². The molecule has 2 aromatic rings. The lowest BCUT2D eigenvalue weighted by molar-refractivity contribution is 0.103. The lowest BCUT2D eigenvalue weighted by Crippen LogP contribution is -2.03. The van der Waals surface area contributed by atoms with Crippen LogP contribution < -0.4 is 0 Å². The summed E-state index contributed by atoms with van der Waals surface area (Å²) in [6, 6.07) is 12.1. The molecule has 0 aliphatic rings. The number of carbonyl (C=O) groups is 1. The lowest BCUT2D eigenvalue weighted by Gasteiger charge is -2.00. The van der Waals surface area contributed by atoms with E-state index in [9.17, 15) is 4.79 Å². The van der Waals surface area contributed by atoms with Crippen molar-refractivity contribution >= 4 is 21.7 Å². The first-order chi connectivity index (χ1) is 8.20. The van der Waals surface area contributed by atoms with Crippen molar-refractivity contribution in [3.63, 3.8) is 0 Å². The number of hydrogen-bond donors (Lipinski definition) is 0. The van der Waals surface area contributed by atoms with Gasteiger partial charge in [-0.1, -0.05) is 15.9 Å². The SMILES string of the molecule is N#Cc1ccnc(C(=O)c2ccc(Br)cc2)c1. The highest BCUT2D eigenvalue weighted by atomic mass is 79.9. The van der Waals surface area contributed by atoms with Crippen LogP contribution in [0.15, 0.2) is 47.1 Å². The first-order valence-corrected chi connectivity index (χ1v) is 5.66. The van der Waals surface area contributed by atoms with Crippen LogP contribution in [0.4, 0.5) is 0 Å². The van der Waals surface area contributed by atoms with Gasteiger partial charge < -0.3 is 0 Å². The van der Waals surface area contributed by atoms with Crippen LogP contribution >= 0.6 is 15.9 Å². The summed E-state index contributed by atoms with van der Waals surface area (Å²) in [4.78, 5) is 16.0. The molecule has 0 fully saturated rings. The van der Waals surface area contributed by atoms with E-state index in [1.807, 2.05) is 6.07 Å². The number of benzene rings is 1. The molecule has 1 aromatic heterocycles. The Kier molecular flexibility index (Phi) is 3.31. The van der Waals surface area contributed by atoms with Crippen molar-refractivity contribution in [3.8, 4) is 6.07 Å². The van der Waals surface area contributed by atoms with Gasteiger partial charge in [-0.15, -0.1) is 0 Å². The minimum absolute atomic E-state index is 0.186. The zero-order chi connectivity index (χ0) is 12.3. The normalized spacial score (nSPS) is 9.65. The predicted octanol–water partition coefficient (Wildman–Crippen LogP) is 2.95. The topological polar surface area (TPSA) is 53.8 Å². The van der Waals surface area contributed by atoms with Gasteiger partial charge in [-0.05, 0) is 36.4 Å². The summed E-state index contributed by atoms with van der Waals surface area (Å²) in [5.41, 5.74) is 1.27. The van der Waals surface area contributed by atoms with E-state index in [-0.39, 0.29) is 11.5 Å². The number of hydrogen-bond acceptors (Lipinski definition) is 3. The largest absolute Gasteiger partial charge is 0.287 e. The second kappa shape index (κ2) is 4.89. The molecule has 82 valence electrons. The van der Waals surface area contributed by atoms with Crippen molar-refractivity contribution in [2.45, 2.75) is 0 Å². The maximum absolute atomic E-state index is 12.0. The molecule has 0 spiro atoms. The highest BCUT2D eigenvalue weighted by Gasteiger charge is 2.10. The van der Waals surface area contributed by atoms with Gasteiger partial charge in [-0.25, -0.2) is 0 Å². The van der Waals surface area contributed by atoms with Crippen LogP contribution in [0.3, 0.4) is 0 Å². The standard InChI is InChI=1S/C13H7BrN2O/c14-11-3-1-10(2-4-11)13(17)12-7-9(8-15)5-6-16-12/h1-7H. The third kappa shape index (κ3) is 2.58. The van der Waals surface area contributed by atoms with Crippen molar-refractivity contribution in [2.75, 3.05) is 0 Å². The Bertz CT molecular complexity index is 600. The second-order valence-corrected chi connectivity index (χ2v) is 4.29. The first kappa shape index (κ1) is 11.5. The second-order valence-electron chi connectivity index (χ2n) is 3.38. The number of rotatable bonds is 2. The van der Waals surface area contributed by atoms with Crippen LogP contribution in [0.5, 0.6) is 0 Å². The van der Waals surface area contributed by atoms with E-state index in [0.717, 1.165) is 4.47 Å². The van der Waals surface area contributed by atoms with E-state index in [4.69, 9.17) is 5.26 Å². The van der Waals surface area contributed by atoms with Gasteiger partial charge in [0.05, 0.1) is 11.6 Å². The zero-order valence-corrected chi connectivity index (χ0v) is 10.3. The third-order valence-electron chi connectivity index (χ3n) is 2.23. The van der Waals surface area contributed by atoms with Gasteiger partial charge in [-0.3, -0.25) is 9.78 Å². The smallest absolute Gasteiger partial charge is 0.211 e. The average molecular weight is 287 g/mol. The lowest BCUT2D eigenvalue weighted by atomic mass is 10.1. The number of ketones is 1. The average Bonchev–Trinajstić information content (AvgIpc) is 2.39. The molecule has 0 aliphatic carbocycles. The summed E-state index contributed by atoms with van der Waals surface area (Å²) < 4.78 is 0.910. The van der Waals surface area contributed by atoms with E-state index in [0.29, 0.717) is 11.1 Å². The molecular formula is C13H7BrN2O. The van der Waals surface area contributed by atoms with E-state index in [1.54, 1.807) is 30.3 Å². The number of halogens is 1. The molecule has 0 radical (unpaired) electrons. The molecule has 1 aromatic carbocycles. The monoisotopic (exact) mass is 286 g/mol. The van der Waals surface area contributed by atoms with Crippen LogP contribution in [0.2, 0.25) is 0 Å². The third-order valence-corrected chi connectivity index (χ3v) is 2.76. The highest BCUT2D eigenvalue weighted by molar-refractivity contribution is 9.10. The molecule has 3 nitrogen and oxygen atoms in total. The summed E-state index contributed by atoms with van der Waals surface area (Å²) in [6.07, 6.45) is 1.46. The van der Waals surface area contributed by atoms with Gasteiger partial charge in [0.25, 0.3) is 0 Å². The molecule has 1 heterocycles. The summed E-state index contributed by atoms with van der Waals surface area (Å²) in [5, 5.41) is 8.76. The number of carbonyl (C=O) groups excluding carboxylic acids is 1. The molecule has 0 saturated carbocycles. The summed E-state index contributed by atoms with van der Waals surface area (Å²) >= 11 is 3.30. The first-order valence-electron chi connectivity index (χ1n) is 4.87. The Balaban J connectivity index is 2.37. The van der Waals surface area contributed by atoms with Crippen LogP contribution in [0, 0.1) is 11.3 Å². The molecule has 17 heavy (non-hydrogen) atoms. The van der Waals surface area contributed by atoms with Gasteiger partial charge >= 0.3 is 0 Å². The molecule has 0 bridgehead atoms. The van der Waals surface area contributed by atoms with Crippen molar-refractivity contribution in [3.05, 3.63) is 63.9 Å². The van der Waals surface area contributed by atoms with E-state index in [2.05, 4.69) is 20.9 Å². The molecule has 0 saturated heterocycles. The van der Waals surface area contributed by atoms with Gasteiger partial charge in [0.15, 0.2) is 0 Å². The molecule has 0 atom stereocenters. The molecule has 0 N–H and O–H groups in total. The maximum Gasteiger partial charge on any atom is 0.211 e. The Morgan fingerprint density at radius 2 is 1.94 bits per heavy atom. The van der Waals surface area contributed by atoms with Gasteiger partial charge in [0.2, 0.25) is 5.78 Å². The van der Waals surface area contributed by atoms with Crippen LogP contribution in [0.25, 0.3) is 0 Å². The van der Waals surface area contributed by atoms with Crippen molar-refractivity contribution < 1.29 is 4.79 Å². The van der Waals surface area contributed by atoms with Crippen LogP contribution in [-0.2, 0) is 0 Å². The van der Waals surface area contributed by atoms with Crippen LogP contribution in [-0.4, -0.2) is 10.8 Å². The fraction of sp³-hybridized carbons (Fsp3) is 0. The molecule has 0 unspecified atom stereocenters. The predicted molar refractivity (Wildman–Crippen MR) is 66.5 cm³/mol. The van der Waals surface area contributed by atoms with Crippen molar-refractivity contribution in [1.29, 1.82) is 5.26 Å². The molecule has 0 aliphatic heterocycles. The van der Waals surface area contributed by atoms with E-state index >= 15 is 0 Å². The Morgan fingerprint density at radius 3 is 2.59 bits per heavy atom. The van der Waals surface area contributed by atoms with E-state index < -0.39 is 0 Å². The van der Waals surface area contributed by atoms with Crippen LogP contribution in [0.1, 0.15) is 21.6 Å². The van der Waals surface area contributed by atoms with E-state index in [1.165, 1.54) is 12.3 Å². The fourth-order valence-corrected chi connectivity index (χ4v) is 1.64. The fourth-order valence-electron chi connectivity index (χ4n) is 1.37. The van der Waals surface area contributed by atoms with Gasteiger partial charge in [0, 0.05) is 16.2 Å². The quantitative estimate of drug-likeness (QED) is 0.798. The zero-order valence-electron chi connectivity index (χ0n) is 8.72. The summed E-state index contributed by atoms with van der Waals surface area (Å²) in [7, 11) is 0. The Hall–Kier alpha value is -1.99. The Morgan fingerprint density at radius 1 is 1.24 bits per heavy atom. The molecule has 0 amide bonds. The summed E-state index contributed by atoms with van der Waals surface area (Å²) in [5.74, 6) is -0.186. The van der Waals surface area contributed by atoms with Crippen molar-refractivity contribution in [2.24, 2.45) is 0 Å². The van der Waals surface area contributed by atoms with Crippen molar-refractivity contribution in [1.82, 2.24) is 4.98 Å².